The summed E-state index contributed by atoms with van der Waals surface area (Å²) in [4.78, 5) is 26.9. The van der Waals surface area contributed by atoms with Crippen LogP contribution in [0.25, 0.3) is 10.8 Å². The van der Waals surface area contributed by atoms with Gasteiger partial charge in [0.1, 0.15) is 6.54 Å². The van der Waals surface area contributed by atoms with Crippen LogP contribution in [0, 0.1) is 0 Å². The first-order valence-electron chi connectivity index (χ1n) is 8.48. The summed E-state index contributed by atoms with van der Waals surface area (Å²) >= 11 is 0. The maximum absolute atomic E-state index is 12.7. The highest BCUT2D eigenvalue weighted by Gasteiger charge is 2.18. The molecule has 2 aromatic rings. The Morgan fingerprint density at radius 3 is 2.54 bits per heavy atom. The summed E-state index contributed by atoms with van der Waals surface area (Å²) in [5.74, 6) is 0.00395. The van der Waals surface area contributed by atoms with Gasteiger partial charge in [-0.15, -0.1) is 0 Å². The van der Waals surface area contributed by atoms with Crippen LogP contribution in [0.4, 0.5) is 0 Å². The van der Waals surface area contributed by atoms with Crippen molar-refractivity contribution in [3.05, 3.63) is 46.4 Å². The maximum atomic E-state index is 12.7. The van der Waals surface area contributed by atoms with Gasteiger partial charge in [0.15, 0.2) is 0 Å². The van der Waals surface area contributed by atoms with E-state index in [0.29, 0.717) is 18.5 Å². The number of amides is 1. The van der Waals surface area contributed by atoms with Crippen molar-refractivity contribution in [2.24, 2.45) is 0 Å². The van der Waals surface area contributed by atoms with Crippen molar-refractivity contribution in [2.45, 2.75) is 32.7 Å². The lowest BCUT2D eigenvalue weighted by atomic mass is 9.86. The van der Waals surface area contributed by atoms with Crippen molar-refractivity contribution in [1.29, 1.82) is 0 Å². The van der Waals surface area contributed by atoms with Gasteiger partial charge in [0.2, 0.25) is 5.91 Å². The van der Waals surface area contributed by atoms with Crippen LogP contribution in [0.1, 0.15) is 26.3 Å². The summed E-state index contributed by atoms with van der Waals surface area (Å²) in [7, 11) is 0. The fourth-order valence-corrected chi connectivity index (χ4v) is 3.04. The lowest BCUT2D eigenvalue weighted by Gasteiger charge is -2.27. The molecular weight excluding hydrogens is 302 g/mol. The van der Waals surface area contributed by atoms with E-state index < -0.39 is 0 Å². The molecule has 0 radical (unpaired) electrons. The summed E-state index contributed by atoms with van der Waals surface area (Å²) in [6, 6.07) is 7.88. The third kappa shape index (κ3) is 3.36. The molecule has 1 aromatic carbocycles. The number of piperazine rings is 1. The number of hydrogen-bond acceptors (Lipinski definition) is 3. The highest BCUT2D eigenvalue weighted by Crippen LogP contribution is 2.24. The first kappa shape index (κ1) is 16.7. The van der Waals surface area contributed by atoms with Crippen LogP contribution in [-0.2, 0) is 16.8 Å². The number of pyridine rings is 1. The van der Waals surface area contributed by atoms with Gasteiger partial charge in [-0.2, -0.15) is 0 Å². The Morgan fingerprint density at radius 2 is 1.88 bits per heavy atom. The van der Waals surface area contributed by atoms with Crippen molar-refractivity contribution in [1.82, 2.24) is 14.8 Å². The quantitative estimate of drug-likeness (QED) is 0.914. The average molecular weight is 327 g/mol. The molecule has 3 rings (SSSR count). The molecule has 1 fully saturated rings. The van der Waals surface area contributed by atoms with E-state index in [4.69, 9.17) is 0 Å². The summed E-state index contributed by atoms with van der Waals surface area (Å²) < 4.78 is 1.52. The normalized spacial score (nSPS) is 15.7. The van der Waals surface area contributed by atoms with Gasteiger partial charge in [0.25, 0.3) is 5.56 Å². The predicted octanol–water partition coefficient (Wildman–Crippen LogP) is 1.73. The monoisotopic (exact) mass is 327 g/mol. The van der Waals surface area contributed by atoms with Crippen LogP contribution in [0.3, 0.4) is 0 Å². The Morgan fingerprint density at radius 1 is 1.17 bits per heavy atom. The standard InChI is InChI=1S/C19H25N3O2/c1-19(2,3)15-4-5-16-14(12-15)6-9-22(18(16)24)13-17(23)21-10-7-20-8-11-21/h4-6,9,12,20H,7-8,10-11,13H2,1-3H3. The largest absolute Gasteiger partial charge is 0.339 e. The van der Waals surface area contributed by atoms with Gasteiger partial charge in [0.05, 0.1) is 0 Å². The summed E-state index contributed by atoms with van der Waals surface area (Å²) in [5.41, 5.74) is 1.14. The van der Waals surface area contributed by atoms with Gasteiger partial charge < -0.3 is 14.8 Å². The zero-order valence-electron chi connectivity index (χ0n) is 14.6. The molecule has 1 aliphatic rings. The van der Waals surface area contributed by atoms with Crippen LogP contribution < -0.4 is 10.9 Å². The van der Waals surface area contributed by atoms with Gasteiger partial charge in [-0.25, -0.2) is 0 Å². The number of rotatable bonds is 2. The number of fused-ring (bicyclic) bond motifs is 1. The molecule has 0 unspecified atom stereocenters. The summed E-state index contributed by atoms with van der Waals surface area (Å²) in [5, 5.41) is 4.82. The van der Waals surface area contributed by atoms with Crippen LogP contribution in [-0.4, -0.2) is 41.6 Å². The van der Waals surface area contributed by atoms with E-state index in [1.807, 2.05) is 23.1 Å². The molecule has 24 heavy (non-hydrogen) atoms. The number of aromatic nitrogens is 1. The van der Waals surface area contributed by atoms with Gasteiger partial charge in [-0.05, 0) is 28.5 Å². The molecule has 1 aliphatic heterocycles. The van der Waals surface area contributed by atoms with Crippen LogP contribution in [0.15, 0.2) is 35.3 Å². The van der Waals surface area contributed by atoms with E-state index in [0.717, 1.165) is 18.5 Å². The van der Waals surface area contributed by atoms with E-state index in [1.54, 1.807) is 6.20 Å². The number of hydrogen-bond donors (Lipinski definition) is 1. The van der Waals surface area contributed by atoms with Crippen LogP contribution in [0.2, 0.25) is 0 Å². The van der Waals surface area contributed by atoms with Crippen LogP contribution >= 0.6 is 0 Å². The Hall–Kier alpha value is -2.14. The van der Waals surface area contributed by atoms with Crippen molar-refractivity contribution in [2.75, 3.05) is 26.2 Å². The highest BCUT2D eigenvalue weighted by molar-refractivity contribution is 5.83. The third-order valence-electron chi connectivity index (χ3n) is 4.62. The van der Waals surface area contributed by atoms with Gasteiger partial charge in [-0.3, -0.25) is 9.59 Å². The van der Waals surface area contributed by atoms with Gasteiger partial charge in [-0.1, -0.05) is 32.9 Å². The molecule has 0 saturated carbocycles. The molecular formula is C19H25N3O2. The number of nitrogens with one attached hydrogen (secondary N) is 1. The molecule has 0 bridgehead atoms. The molecule has 5 nitrogen and oxygen atoms in total. The maximum Gasteiger partial charge on any atom is 0.258 e. The molecule has 1 N–H and O–H groups in total. The second-order valence-corrected chi connectivity index (χ2v) is 7.43. The second kappa shape index (κ2) is 6.40. The number of benzene rings is 1. The molecule has 1 amide bonds. The van der Waals surface area contributed by atoms with Crippen LogP contribution in [0.5, 0.6) is 0 Å². The first-order valence-corrected chi connectivity index (χ1v) is 8.48. The first-order chi connectivity index (χ1) is 11.4. The fourth-order valence-electron chi connectivity index (χ4n) is 3.04. The van der Waals surface area contributed by atoms with E-state index >= 15 is 0 Å². The molecule has 128 valence electrons. The number of carbonyl (C=O) groups is 1. The topological polar surface area (TPSA) is 54.3 Å². The summed E-state index contributed by atoms with van der Waals surface area (Å²) in [6.45, 7) is 9.61. The smallest absolute Gasteiger partial charge is 0.258 e. The fraction of sp³-hybridized carbons (Fsp3) is 0.474. The summed E-state index contributed by atoms with van der Waals surface area (Å²) in [6.07, 6.45) is 1.73. The van der Waals surface area contributed by atoms with Crippen molar-refractivity contribution in [3.8, 4) is 0 Å². The van der Waals surface area contributed by atoms with Crippen molar-refractivity contribution >= 4 is 16.7 Å². The zero-order valence-corrected chi connectivity index (χ0v) is 14.6. The predicted molar refractivity (Wildman–Crippen MR) is 96.4 cm³/mol. The lowest BCUT2D eigenvalue weighted by molar-refractivity contribution is -0.132. The minimum atomic E-state index is -0.101. The number of carbonyl (C=O) groups excluding carboxylic acids is 1. The van der Waals surface area contributed by atoms with Gasteiger partial charge >= 0.3 is 0 Å². The Bertz CT molecular complexity index is 811. The molecule has 0 aliphatic carbocycles. The minimum absolute atomic E-state index is 0.00395. The molecule has 0 atom stereocenters. The van der Waals surface area contributed by atoms with E-state index in [-0.39, 0.29) is 23.4 Å². The second-order valence-electron chi connectivity index (χ2n) is 7.43. The van der Waals surface area contributed by atoms with Crippen molar-refractivity contribution in [3.63, 3.8) is 0 Å². The molecule has 0 spiro atoms. The minimum Gasteiger partial charge on any atom is -0.339 e. The third-order valence-corrected chi connectivity index (χ3v) is 4.62. The van der Waals surface area contributed by atoms with Crippen molar-refractivity contribution < 1.29 is 4.79 Å². The SMILES string of the molecule is CC(C)(C)c1ccc2c(=O)n(CC(=O)N3CCNCC3)ccc2c1. The highest BCUT2D eigenvalue weighted by atomic mass is 16.2. The number of nitrogens with zero attached hydrogens (tertiary/aromatic N) is 2. The Kier molecular flexibility index (Phi) is 4.45. The average Bonchev–Trinajstić information content (AvgIpc) is 2.57. The molecule has 2 heterocycles. The molecule has 1 aromatic heterocycles. The molecule has 1 saturated heterocycles. The molecule has 5 heteroatoms. The van der Waals surface area contributed by atoms with E-state index in [1.165, 1.54) is 10.1 Å². The lowest BCUT2D eigenvalue weighted by Crippen LogP contribution is -2.48. The van der Waals surface area contributed by atoms with Gasteiger partial charge in [0, 0.05) is 37.8 Å². The van der Waals surface area contributed by atoms with E-state index in [2.05, 4.69) is 32.2 Å². The van der Waals surface area contributed by atoms with E-state index in [9.17, 15) is 9.59 Å². The Labute approximate surface area is 142 Å². The zero-order chi connectivity index (χ0) is 17.3. The Balaban J connectivity index is 1.88.